The normalized spacial score (nSPS) is 16.1. The molecular formula is C109H122F4N14O11S2. The van der Waals surface area contributed by atoms with Gasteiger partial charge < -0.3 is 82.2 Å². The number of benzene rings is 9. The topological polar surface area (TPSA) is 232 Å². The number of pyridine rings is 1. The first kappa shape index (κ1) is 96.1. The zero-order chi connectivity index (χ0) is 97.4. The monoisotopic (exact) mass is 1940 g/mol. The van der Waals surface area contributed by atoms with E-state index in [1.54, 1.807) is 13.2 Å². The number of methoxy groups -OCH3 is 1. The minimum absolute atomic E-state index is 0.162. The standard InChI is InChI=1S/C25H31N3O2.C23H27N3O4S.C21H23F2N3O2S.C20H20F2N2.C20H21N3O3/c1-3-4-5-11-28-12-10-22-21(17-28)20-8-6-18(15-23(20)27(22)2)26-19-7-9-24-25(16-19)30-14-13-29-24;1-25-20-7-8-26(9-12-31(2,27)28)15-19(20)18-5-3-16(13-21(18)25)24-17-4-6-22-23(14-17)30-11-10-29-22;1-25-20-7-8-26(9-10-29(2,27)28)13-17(20)16-5-3-15(12-21(16)25)24-14-4-6-18(22)19(23)11-14;1-23-8-7-20-16(12-23)15-10-13(4-6-19(15)24(20)2)9-14-3-5-17(21)18(22)11-14;1-23-16-6-4-13(24-2)10-15(16)14-5-8-19(22-20(14)23)21-12-3-7-17-18(9-12)26-11-25-17/h6-9,15-16,26H,3-5,10-14,17H2,1-2H3;3-6,13-14,24H,7-12,15H2,1-2H3;3-6,11-12,24H,7-10,13H2,1-2H3;3-6,10-11H,7-9,12H2,1-2H3;3,5,7-9,13H,4,6,10-11H2,1-2H3,(H,21,22). The first-order valence-corrected chi connectivity index (χ1v) is 52.5. The molecule has 734 valence electrons. The maximum atomic E-state index is 13.5. The fourth-order valence-electron chi connectivity index (χ4n) is 20.9. The lowest BCUT2D eigenvalue weighted by Crippen LogP contribution is -2.34. The van der Waals surface area contributed by atoms with Crippen molar-refractivity contribution in [2.45, 2.75) is 110 Å². The van der Waals surface area contributed by atoms with E-state index in [4.69, 9.17) is 38.1 Å². The second-order valence-electron chi connectivity index (χ2n) is 38.0. The first-order valence-electron chi connectivity index (χ1n) is 48.3. The molecule has 0 amide bonds. The molecule has 4 N–H and O–H groups in total. The van der Waals surface area contributed by atoms with Gasteiger partial charge in [0, 0.05) is 277 Å². The molecule has 9 aromatic carbocycles. The molecule has 31 heteroatoms. The molecule has 6 aromatic heterocycles. The molecule has 13 heterocycles. The molecule has 1 aliphatic carbocycles. The third-order valence-corrected chi connectivity index (χ3v) is 30.2. The SMILES string of the molecule is CCCCCN1CCc2c(c3ccc(Nc4ccc5c(c4)OCCO5)cc3n2C)C1.CN1CCc2c(c3cc(Cc4ccc(F)c(F)c4)ccc3n2C)C1.COC1CCc2c(c3ccc(Nc4ccc5c(c4)OCO5)nc3n2C)C1.Cn1c2c(c3ccc(Nc4ccc(F)c(F)c4)cc31)CN(CCS(C)(=O)=O)CC2.Cn1c2c(c3ccc(Nc4ccc5c(c4)OCCO5)cc31)CN(CCS(C)(=O)=O)CC2. The van der Waals surface area contributed by atoms with Gasteiger partial charge in [-0.1, -0.05) is 50.1 Å². The second kappa shape index (κ2) is 41.2. The van der Waals surface area contributed by atoms with Gasteiger partial charge in [-0.2, -0.15) is 0 Å². The van der Waals surface area contributed by atoms with E-state index in [1.165, 1.54) is 157 Å². The highest BCUT2D eigenvalue weighted by Gasteiger charge is 2.31. The van der Waals surface area contributed by atoms with Gasteiger partial charge in [-0.3, -0.25) is 14.7 Å². The Kier molecular flexibility index (Phi) is 28.3. The van der Waals surface area contributed by atoms with Gasteiger partial charge in [0.15, 0.2) is 57.8 Å². The van der Waals surface area contributed by atoms with Crippen LogP contribution in [0.1, 0.15) is 100 Å². The maximum Gasteiger partial charge on any atom is 0.231 e. The number of halogens is 4. The summed E-state index contributed by atoms with van der Waals surface area (Å²) in [4.78, 5) is 14.2. The van der Waals surface area contributed by atoms with Crippen molar-refractivity contribution in [3.05, 3.63) is 267 Å². The lowest BCUT2D eigenvalue weighted by molar-refractivity contribution is 0.0908. The summed E-state index contributed by atoms with van der Waals surface area (Å²) < 4.78 is 150. The van der Waals surface area contributed by atoms with E-state index in [1.807, 2.05) is 85.9 Å². The molecule has 15 aromatic rings. The highest BCUT2D eigenvalue weighted by atomic mass is 32.2. The maximum absolute atomic E-state index is 13.5. The Morgan fingerprint density at radius 1 is 0.379 bits per heavy atom. The van der Waals surface area contributed by atoms with Gasteiger partial charge >= 0.3 is 0 Å². The number of ether oxygens (including phenoxy) is 7. The van der Waals surface area contributed by atoms with Crippen LogP contribution < -0.4 is 49.7 Å². The Balaban J connectivity index is 0.000000112. The third kappa shape index (κ3) is 21.3. The van der Waals surface area contributed by atoms with Crippen molar-refractivity contribution in [1.29, 1.82) is 0 Å². The van der Waals surface area contributed by atoms with E-state index in [-0.39, 0.29) is 18.3 Å². The van der Waals surface area contributed by atoms with Crippen LogP contribution in [0.2, 0.25) is 0 Å². The van der Waals surface area contributed by atoms with Gasteiger partial charge in [0.05, 0.1) is 34.2 Å². The van der Waals surface area contributed by atoms with E-state index >= 15 is 0 Å². The molecule has 0 bridgehead atoms. The summed E-state index contributed by atoms with van der Waals surface area (Å²) in [5.74, 6) is 2.55. The van der Waals surface area contributed by atoms with Crippen LogP contribution >= 0.6 is 0 Å². The Morgan fingerprint density at radius 3 is 1.29 bits per heavy atom. The molecule has 8 aliphatic rings. The quantitative estimate of drug-likeness (QED) is 0.0387. The van der Waals surface area contributed by atoms with Gasteiger partial charge in [-0.25, -0.2) is 39.4 Å². The third-order valence-electron chi connectivity index (χ3n) is 28.4. The molecule has 0 radical (unpaired) electrons. The smallest absolute Gasteiger partial charge is 0.231 e. The fraction of sp³-hybridized carbons (Fsp3) is 0.367. The van der Waals surface area contributed by atoms with Crippen molar-refractivity contribution in [3.8, 4) is 34.5 Å². The van der Waals surface area contributed by atoms with Gasteiger partial charge in [-0.05, 0) is 200 Å². The second-order valence-corrected chi connectivity index (χ2v) is 42.5. The molecule has 1 unspecified atom stereocenters. The van der Waals surface area contributed by atoms with Crippen LogP contribution in [0.3, 0.4) is 0 Å². The Morgan fingerprint density at radius 2 is 0.786 bits per heavy atom. The summed E-state index contributed by atoms with van der Waals surface area (Å²) in [6, 6.07) is 55.3. The Labute approximate surface area is 814 Å². The number of nitrogens with zero attached hydrogens (tertiary/aromatic N) is 10. The van der Waals surface area contributed by atoms with E-state index in [0.29, 0.717) is 57.7 Å². The minimum Gasteiger partial charge on any atom is -0.486 e. The Hall–Kier alpha value is -12.8. The lowest BCUT2D eigenvalue weighted by atomic mass is 9.93. The number of anilines is 8. The summed E-state index contributed by atoms with van der Waals surface area (Å²) in [6.07, 6.45) is 14.4. The largest absolute Gasteiger partial charge is 0.486 e. The molecule has 140 heavy (non-hydrogen) atoms. The minimum atomic E-state index is -2.98. The number of aryl methyl sites for hydroxylation is 5. The van der Waals surface area contributed by atoms with Gasteiger partial charge in [0.2, 0.25) is 6.79 Å². The number of rotatable bonds is 21. The van der Waals surface area contributed by atoms with E-state index in [0.717, 1.165) is 205 Å². The van der Waals surface area contributed by atoms with Crippen LogP contribution in [0, 0.1) is 23.3 Å². The number of aromatic nitrogens is 6. The highest BCUT2D eigenvalue weighted by molar-refractivity contribution is 7.90. The van der Waals surface area contributed by atoms with Crippen molar-refractivity contribution in [2.75, 3.05) is 138 Å². The predicted molar refractivity (Wildman–Crippen MR) is 547 cm³/mol. The molecule has 0 saturated carbocycles. The van der Waals surface area contributed by atoms with Crippen LogP contribution in [-0.2, 0) is 131 Å². The molecule has 0 spiro atoms. The van der Waals surface area contributed by atoms with Gasteiger partial charge in [0.1, 0.15) is 57.6 Å². The Bertz CT molecular complexity index is 7440. The van der Waals surface area contributed by atoms with Crippen LogP contribution in [0.25, 0.3) is 54.6 Å². The van der Waals surface area contributed by atoms with Gasteiger partial charge in [0.25, 0.3) is 0 Å². The first-order chi connectivity index (χ1) is 67.6. The van der Waals surface area contributed by atoms with Crippen LogP contribution in [0.15, 0.2) is 176 Å². The van der Waals surface area contributed by atoms with Crippen molar-refractivity contribution < 1.29 is 67.6 Å². The molecule has 1 atom stereocenters. The van der Waals surface area contributed by atoms with Crippen molar-refractivity contribution in [1.82, 2.24) is 47.4 Å². The highest BCUT2D eigenvalue weighted by Crippen LogP contribution is 2.43. The number of sulfone groups is 2. The summed E-state index contributed by atoms with van der Waals surface area (Å²) in [5, 5.41) is 19.7. The summed E-state index contributed by atoms with van der Waals surface area (Å²) in [6.45, 7) is 14.8. The zero-order valence-corrected chi connectivity index (χ0v) is 82.8. The molecule has 7 aliphatic heterocycles. The molecule has 25 nitrogen and oxygen atoms in total. The average molecular weight is 1940 g/mol. The molecule has 0 saturated heterocycles. The van der Waals surface area contributed by atoms with Crippen molar-refractivity contribution in [3.63, 3.8) is 0 Å². The molecule has 23 rings (SSSR count). The number of nitrogens with one attached hydrogen (secondary N) is 4. The van der Waals surface area contributed by atoms with E-state index in [9.17, 15) is 34.4 Å². The summed E-state index contributed by atoms with van der Waals surface area (Å²) in [7, 11) is 8.58. The predicted octanol–water partition coefficient (Wildman–Crippen LogP) is 19.5. The average Bonchev–Trinajstić information content (AvgIpc) is 1.63. The number of fused-ring (bicyclic) bond motifs is 18. The van der Waals surface area contributed by atoms with Crippen LogP contribution in [0.4, 0.5) is 63.2 Å². The van der Waals surface area contributed by atoms with Crippen LogP contribution in [-0.4, -0.2) is 188 Å². The zero-order valence-electron chi connectivity index (χ0n) is 81.1. The summed E-state index contributed by atoms with van der Waals surface area (Å²) in [5.41, 5.74) is 27.6. The fourth-order valence-corrected chi connectivity index (χ4v) is 22.1. The van der Waals surface area contributed by atoms with E-state index in [2.05, 4.69) is 167 Å². The number of unbranched alkanes of at least 4 members (excludes halogenated alkanes) is 2. The number of hydrogen-bond acceptors (Lipinski definition) is 20. The number of likely N-dealkylation sites (N-methyl/N-ethyl adjacent to an activating group) is 1. The van der Waals surface area contributed by atoms with Crippen molar-refractivity contribution >= 4 is 120 Å². The summed E-state index contributed by atoms with van der Waals surface area (Å²) >= 11 is 0. The lowest BCUT2D eigenvalue weighted by Gasteiger charge is -2.27. The van der Waals surface area contributed by atoms with Crippen molar-refractivity contribution in [2.24, 2.45) is 35.2 Å². The van der Waals surface area contributed by atoms with Gasteiger partial charge in [-0.15, -0.1) is 0 Å². The van der Waals surface area contributed by atoms with E-state index < -0.39 is 42.9 Å². The van der Waals surface area contributed by atoms with Crippen LogP contribution in [0.5, 0.6) is 34.5 Å². The number of hydrogen-bond donors (Lipinski definition) is 4. The molecular weight excluding hydrogens is 1820 g/mol. The molecule has 0 fully saturated rings.